The summed E-state index contributed by atoms with van der Waals surface area (Å²) in [5.74, 6) is 0.118. The van der Waals surface area contributed by atoms with Crippen LogP contribution in [-0.4, -0.2) is 10.9 Å². The van der Waals surface area contributed by atoms with Gasteiger partial charge >= 0.3 is 0 Å². The molecule has 4 rings (SSSR count). The average Bonchev–Trinajstić information content (AvgIpc) is 2.71. The molecule has 0 saturated heterocycles. The second-order valence-electron chi connectivity index (χ2n) is 7.77. The van der Waals surface area contributed by atoms with Gasteiger partial charge < -0.3 is 5.11 Å². The zero-order valence-corrected chi connectivity index (χ0v) is 17.2. The predicted octanol–water partition coefficient (Wildman–Crippen LogP) is 6.68. The van der Waals surface area contributed by atoms with E-state index in [1.54, 1.807) is 24.3 Å². The molecule has 0 saturated carbocycles. The van der Waals surface area contributed by atoms with Gasteiger partial charge in [0, 0.05) is 11.1 Å². The number of hydrogen-bond donors (Lipinski definition) is 1. The third kappa shape index (κ3) is 3.31. The summed E-state index contributed by atoms with van der Waals surface area (Å²) in [6.07, 6.45) is 0. The fourth-order valence-corrected chi connectivity index (χ4v) is 3.92. The van der Waals surface area contributed by atoms with E-state index in [0.717, 1.165) is 27.5 Å². The number of benzene rings is 4. The number of carbonyl (C=O) groups is 1. The first-order chi connectivity index (χ1) is 13.9. The minimum absolute atomic E-state index is 0.0351. The van der Waals surface area contributed by atoms with E-state index < -0.39 is 0 Å². The van der Waals surface area contributed by atoms with Crippen molar-refractivity contribution in [3.8, 4) is 16.9 Å². The largest absolute Gasteiger partial charge is 0.508 e. The van der Waals surface area contributed by atoms with Crippen LogP contribution in [0.25, 0.3) is 21.9 Å². The van der Waals surface area contributed by atoms with Crippen LogP contribution in [0.5, 0.6) is 5.75 Å². The highest BCUT2D eigenvalue weighted by Gasteiger charge is 2.20. The van der Waals surface area contributed by atoms with E-state index in [4.69, 9.17) is 0 Å². The second kappa shape index (κ2) is 7.21. The van der Waals surface area contributed by atoms with Crippen molar-refractivity contribution in [2.75, 3.05) is 0 Å². The maximum absolute atomic E-state index is 13.6. The Kier molecular flexibility index (Phi) is 4.71. The lowest BCUT2D eigenvalue weighted by Gasteiger charge is -2.17. The molecule has 29 heavy (non-hydrogen) atoms. The van der Waals surface area contributed by atoms with Crippen LogP contribution in [0.15, 0.2) is 66.7 Å². The summed E-state index contributed by atoms with van der Waals surface area (Å²) in [4.78, 5) is 13.6. The standard InChI is InChI=1S/C27H24O2/c1-16-5-12-24-21(15-16)9-14-25(23-13-6-17(2)18(3)19(23)4)26(24)27(29)20-7-10-22(28)11-8-20/h5-15,28H,1-4H3. The van der Waals surface area contributed by atoms with Gasteiger partial charge in [-0.3, -0.25) is 4.79 Å². The van der Waals surface area contributed by atoms with Gasteiger partial charge in [0.25, 0.3) is 0 Å². The molecule has 4 aromatic carbocycles. The highest BCUT2D eigenvalue weighted by Crippen LogP contribution is 2.36. The molecule has 2 heteroatoms. The Morgan fingerprint density at radius 1 is 0.724 bits per heavy atom. The van der Waals surface area contributed by atoms with E-state index in [-0.39, 0.29) is 11.5 Å². The molecular formula is C27H24O2. The summed E-state index contributed by atoms with van der Waals surface area (Å²) in [5.41, 5.74) is 8.14. The molecule has 0 radical (unpaired) electrons. The summed E-state index contributed by atoms with van der Waals surface area (Å²) >= 11 is 0. The van der Waals surface area contributed by atoms with Crippen LogP contribution < -0.4 is 0 Å². The van der Waals surface area contributed by atoms with Gasteiger partial charge in [-0.2, -0.15) is 0 Å². The summed E-state index contributed by atoms with van der Waals surface area (Å²) in [6, 6.07) is 21.1. The summed E-state index contributed by atoms with van der Waals surface area (Å²) in [6.45, 7) is 8.41. The van der Waals surface area contributed by atoms with Crippen LogP contribution in [-0.2, 0) is 0 Å². The normalized spacial score (nSPS) is 11.0. The van der Waals surface area contributed by atoms with Gasteiger partial charge in [0.15, 0.2) is 5.78 Å². The van der Waals surface area contributed by atoms with E-state index in [1.165, 1.54) is 16.7 Å². The monoisotopic (exact) mass is 380 g/mol. The minimum atomic E-state index is -0.0351. The van der Waals surface area contributed by atoms with Gasteiger partial charge in [0.2, 0.25) is 0 Å². The van der Waals surface area contributed by atoms with Gasteiger partial charge in [-0.1, -0.05) is 48.0 Å². The number of phenolic OH excluding ortho intramolecular Hbond substituents is 1. The van der Waals surface area contributed by atoms with E-state index in [0.29, 0.717) is 11.1 Å². The second-order valence-corrected chi connectivity index (χ2v) is 7.77. The Hall–Kier alpha value is -3.39. The number of aryl methyl sites for hydroxylation is 2. The molecule has 0 unspecified atom stereocenters. The molecule has 0 fully saturated rings. The number of carbonyl (C=O) groups excluding carboxylic acids is 1. The molecular weight excluding hydrogens is 356 g/mol. The number of aromatic hydroxyl groups is 1. The zero-order valence-electron chi connectivity index (χ0n) is 17.2. The summed E-state index contributed by atoms with van der Waals surface area (Å²) in [5, 5.41) is 11.6. The lowest BCUT2D eigenvalue weighted by atomic mass is 9.86. The topological polar surface area (TPSA) is 37.3 Å². The Labute approximate surface area is 171 Å². The molecule has 0 amide bonds. The third-order valence-corrected chi connectivity index (χ3v) is 5.88. The van der Waals surface area contributed by atoms with Crippen molar-refractivity contribution >= 4 is 16.6 Å². The predicted molar refractivity (Wildman–Crippen MR) is 120 cm³/mol. The molecule has 0 heterocycles. The lowest BCUT2D eigenvalue weighted by Crippen LogP contribution is -2.06. The van der Waals surface area contributed by atoms with Gasteiger partial charge in [-0.25, -0.2) is 0 Å². The third-order valence-electron chi connectivity index (χ3n) is 5.88. The maximum atomic E-state index is 13.6. The Morgan fingerprint density at radius 2 is 1.41 bits per heavy atom. The van der Waals surface area contributed by atoms with Crippen molar-refractivity contribution in [3.63, 3.8) is 0 Å². The van der Waals surface area contributed by atoms with Crippen molar-refractivity contribution < 1.29 is 9.90 Å². The van der Waals surface area contributed by atoms with Gasteiger partial charge in [-0.05, 0) is 90.6 Å². The van der Waals surface area contributed by atoms with Gasteiger partial charge in [0.05, 0.1) is 0 Å². The molecule has 0 aliphatic rings. The maximum Gasteiger partial charge on any atom is 0.194 e. The highest BCUT2D eigenvalue weighted by atomic mass is 16.3. The fourth-order valence-electron chi connectivity index (χ4n) is 3.92. The van der Waals surface area contributed by atoms with Gasteiger partial charge in [0.1, 0.15) is 5.75 Å². The van der Waals surface area contributed by atoms with Crippen LogP contribution in [0.4, 0.5) is 0 Å². The lowest BCUT2D eigenvalue weighted by molar-refractivity contribution is 0.104. The minimum Gasteiger partial charge on any atom is -0.508 e. The van der Waals surface area contributed by atoms with E-state index in [9.17, 15) is 9.90 Å². The molecule has 4 aromatic rings. The smallest absolute Gasteiger partial charge is 0.194 e. The molecule has 0 spiro atoms. The molecule has 0 aromatic heterocycles. The van der Waals surface area contributed by atoms with Crippen LogP contribution in [0.2, 0.25) is 0 Å². The van der Waals surface area contributed by atoms with Crippen LogP contribution in [0.1, 0.15) is 38.2 Å². The van der Waals surface area contributed by atoms with Gasteiger partial charge in [-0.15, -0.1) is 0 Å². The van der Waals surface area contributed by atoms with Crippen molar-refractivity contribution in [2.24, 2.45) is 0 Å². The van der Waals surface area contributed by atoms with Crippen LogP contribution in [0.3, 0.4) is 0 Å². The molecule has 0 bridgehead atoms. The van der Waals surface area contributed by atoms with Crippen molar-refractivity contribution in [2.45, 2.75) is 27.7 Å². The van der Waals surface area contributed by atoms with Crippen LogP contribution in [0, 0.1) is 27.7 Å². The van der Waals surface area contributed by atoms with Crippen molar-refractivity contribution in [3.05, 3.63) is 100 Å². The Balaban J connectivity index is 2.04. The fraction of sp³-hybridized carbons (Fsp3) is 0.148. The van der Waals surface area contributed by atoms with Crippen molar-refractivity contribution in [1.82, 2.24) is 0 Å². The summed E-state index contributed by atoms with van der Waals surface area (Å²) < 4.78 is 0. The highest BCUT2D eigenvalue weighted by molar-refractivity contribution is 6.20. The van der Waals surface area contributed by atoms with E-state index in [1.807, 2.05) is 12.1 Å². The molecule has 0 atom stereocenters. The van der Waals surface area contributed by atoms with E-state index >= 15 is 0 Å². The van der Waals surface area contributed by atoms with E-state index in [2.05, 4.69) is 58.0 Å². The Morgan fingerprint density at radius 3 is 2.14 bits per heavy atom. The number of hydrogen-bond acceptors (Lipinski definition) is 2. The first-order valence-corrected chi connectivity index (χ1v) is 9.81. The first kappa shape index (κ1) is 18.9. The Bertz CT molecular complexity index is 1250. The zero-order chi connectivity index (χ0) is 20.7. The van der Waals surface area contributed by atoms with Crippen LogP contribution >= 0.6 is 0 Å². The molecule has 0 aliphatic carbocycles. The first-order valence-electron chi connectivity index (χ1n) is 9.81. The molecule has 1 N–H and O–H groups in total. The number of ketones is 1. The molecule has 0 aliphatic heterocycles. The number of rotatable bonds is 3. The number of phenols is 1. The number of fused-ring (bicyclic) bond motifs is 1. The summed E-state index contributed by atoms with van der Waals surface area (Å²) in [7, 11) is 0. The van der Waals surface area contributed by atoms with Crippen molar-refractivity contribution in [1.29, 1.82) is 0 Å². The molecule has 144 valence electrons. The quantitative estimate of drug-likeness (QED) is 0.403. The molecule has 2 nitrogen and oxygen atoms in total. The SMILES string of the molecule is Cc1ccc2c(C(=O)c3ccc(O)cc3)c(-c3ccc(C)c(C)c3C)ccc2c1. The average molecular weight is 380 g/mol.